The van der Waals surface area contributed by atoms with Crippen molar-refractivity contribution in [2.45, 2.75) is 161 Å². The molecule has 0 saturated carbocycles. The first kappa shape index (κ1) is 34.8. The zero-order valence-electron chi connectivity index (χ0n) is 23.6. The van der Waals surface area contributed by atoms with E-state index in [0.29, 0.717) is 6.42 Å². The summed E-state index contributed by atoms with van der Waals surface area (Å²) in [5.41, 5.74) is 0. The summed E-state index contributed by atoms with van der Waals surface area (Å²) in [6, 6.07) is -0.797. The monoisotopic (exact) mass is 509 g/mol. The summed E-state index contributed by atoms with van der Waals surface area (Å²) in [5.74, 6) is -0.522. The highest BCUT2D eigenvalue weighted by Crippen LogP contribution is 2.12. The molecule has 0 spiro atoms. The fraction of sp³-hybridized carbons (Fsp3) is 0.839. The lowest BCUT2D eigenvalue weighted by Crippen LogP contribution is -2.48. The molecule has 4 N–H and O–H groups in total. The second-order valence-electron chi connectivity index (χ2n) is 10.3. The van der Waals surface area contributed by atoms with Gasteiger partial charge in [-0.2, -0.15) is 0 Å². The van der Waals surface area contributed by atoms with Gasteiger partial charge in [0.05, 0.1) is 18.8 Å². The highest BCUT2D eigenvalue weighted by Gasteiger charge is 2.22. The zero-order valence-corrected chi connectivity index (χ0v) is 23.6. The lowest BCUT2D eigenvalue weighted by Gasteiger charge is -2.21. The Morgan fingerprint density at radius 1 is 0.667 bits per heavy atom. The topological polar surface area (TPSA) is 89.8 Å². The van der Waals surface area contributed by atoms with Crippen LogP contribution in [0.1, 0.15) is 142 Å². The molecule has 3 unspecified atom stereocenters. The van der Waals surface area contributed by atoms with E-state index in [-0.39, 0.29) is 6.61 Å². The number of aliphatic hydroxyl groups is 3. The lowest BCUT2D eigenvalue weighted by atomic mass is 10.0. The van der Waals surface area contributed by atoms with Gasteiger partial charge in [-0.05, 0) is 38.5 Å². The predicted molar refractivity (Wildman–Crippen MR) is 153 cm³/mol. The van der Waals surface area contributed by atoms with Crippen molar-refractivity contribution in [3.05, 3.63) is 24.3 Å². The molecule has 36 heavy (non-hydrogen) atoms. The minimum absolute atomic E-state index is 0.368. The van der Waals surface area contributed by atoms with Crippen LogP contribution in [0.25, 0.3) is 0 Å². The minimum atomic E-state index is -1.10. The third-order valence-electron chi connectivity index (χ3n) is 6.79. The summed E-state index contributed by atoms with van der Waals surface area (Å²) >= 11 is 0. The highest BCUT2D eigenvalue weighted by molar-refractivity contribution is 5.80. The van der Waals surface area contributed by atoms with Crippen LogP contribution in [-0.4, -0.2) is 46.1 Å². The van der Waals surface area contributed by atoms with Crippen LogP contribution >= 0.6 is 0 Å². The Kier molecular flexibility index (Phi) is 26.0. The van der Waals surface area contributed by atoms with Gasteiger partial charge in [-0.1, -0.05) is 128 Å². The average molecular weight is 510 g/mol. The number of carbonyl (C=O) groups excluding carboxylic acids is 1. The Balaban J connectivity index is 3.86. The number of rotatable bonds is 26. The average Bonchev–Trinajstić information content (AvgIpc) is 2.88. The highest BCUT2D eigenvalue weighted by atomic mass is 16.3. The second-order valence-corrected chi connectivity index (χ2v) is 10.3. The van der Waals surface area contributed by atoms with Gasteiger partial charge in [-0.25, -0.2) is 0 Å². The summed E-state index contributed by atoms with van der Waals surface area (Å²) in [7, 11) is 0. The number of nitrogens with one attached hydrogen (secondary N) is 1. The molecule has 0 heterocycles. The number of amides is 1. The van der Waals surface area contributed by atoms with E-state index in [1.807, 2.05) is 6.08 Å². The lowest BCUT2D eigenvalue weighted by molar-refractivity contribution is -0.131. The third kappa shape index (κ3) is 22.1. The quantitative estimate of drug-likeness (QED) is 0.0737. The Morgan fingerprint density at radius 3 is 1.69 bits per heavy atom. The summed E-state index contributed by atoms with van der Waals surface area (Å²) in [5, 5.41) is 32.6. The molecule has 0 aliphatic rings. The molecule has 0 radical (unpaired) electrons. The Labute approximate surface area is 222 Å². The van der Waals surface area contributed by atoms with Gasteiger partial charge in [-0.3, -0.25) is 4.79 Å². The Morgan fingerprint density at radius 2 is 1.14 bits per heavy atom. The van der Waals surface area contributed by atoms with Gasteiger partial charge in [0.1, 0.15) is 6.10 Å². The van der Waals surface area contributed by atoms with Crippen LogP contribution in [0.2, 0.25) is 0 Å². The molecule has 1 amide bonds. The number of hydrogen-bond donors (Lipinski definition) is 4. The van der Waals surface area contributed by atoms with Crippen molar-refractivity contribution in [1.82, 2.24) is 5.32 Å². The van der Waals surface area contributed by atoms with Crippen LogP contribution in [0.4, 0.5) is 0 Å². The van der Waals surface area contributed by atoms with E-state index in [0.717, 1.165) is 44.9 Å². The van der Waals surface area contributed by atoms with E-state index in [1.165, 1.54) is 77.0 Å². The molecule has 5 nitrogen and oxygen atoms in total. The smallest absolute Gasteiger partial charge is 0.249 e. The first-order valence-electron chi connectivity index (χ1n) is 15.2. The molecule has 212 valence electrons. The molecular weight excluding hydrogens is 450 g/mol. The van der Waals surface area contributed by atoms with Crippen LogP contribution < -0.4 is 5.32 Å². The molecule has 0 bridgehead atoms. The summed E-state index contributed by atoms with van der Waals surface area (Å²) < 4.78 is 0. The summed E-state index contributed by atoms with van der Waals surface area (Å²) in [4.78, 5) is 12.3. The van der Waals surface area contributed by atoms with Crippen molar-refractivity contribution in [3.8, 4) is 0 Å². The van der Waals surface area contributed by atoms with Crippen LogP contribution in [0.15, 0.2) is 24.3 Å². The number of unbranched alkanes of at least 4 members (excludes halogenated alkanes) is 16. The largest absolute Gasteiger partial charge is 0.394 e. The maximum absolute atomic E-state index is 12.3. The number of allylic oxidation sites excluding steroid dienone is 3. The maximum atomic E-state index is 12.3. The molecule has 0 aliphatic heterocycles. The van der Waals surface area contributed by atoms with E-state index in [4.69, 9.17) is 0 Å². The number of hydrogen-bond acceptors (Lipinski definition) is 4. The van der Waals surface area contributed by atoms with Gasteiger partial charge in [0, 0.05) is 0 Å². The van der Waals surface area contributed by atoms with Gasteiger partial charge in [0.25, 0.3) is 0 Å². The van der Waals surface area contributed by atoms with Crippen molar-refractivity contribution in [2.24, 2.45) is 0 Å². The molecule has 5 heteroatoms. The SMILES string of the molecule is CCCC/C=C\CCCCCC(O)C(=O)NC(CO)C(O)/C=C/CCCCCCCCCCCCC. The van der Waals surface area contributed by atoms with Gasteiger partial charge in [-0.15, -0.1) is 0 Å². The minimum Gasteiger partial charge on any atom is -0.394 e. The van der Waals surface area contributed by atoms with Crippen LogP contribution in [-0.2, 0) is 4.79 Å². The van der Waals surface area contributed by atoms with Crippen LogP contribution in [0.5, 0.6) is 0 Å². The van der Waals surface area contributed by atoms with E-state index in [9.17, 15) is 20.1 Å². The summed E-state index contributed by atoms with van der Waals surface area (Å²) in [6.45, 7) is 4.08. The summed E-state index contributed by atoms with van der Waals surface area (Å²) in [6.07, 6.45) is 29.0. The normalized spacial score (nSPS) is 14.5. The van der Waals surface area contributed by atoms with Crippen LogP contribution in [0, 0.1) is 0 Å². The van der Waals surface area contributed by atoms with Crippen molar-refractivity contribution in [1.29, 1.82) is 0 Å². The first-order chi connectivity index (χ1) is 17.6. The fourth-order valence-electron chi connectivity index (χ4n) is 4.28. The molecule has 0 fully saturated rings. The van der Waals surface area contributed by atoms with Crippen molar-refractivity contribution >= 4 is 5.91 Å². The number of aliphatic hydroxyl groups excluding tert-OH is 3. The fourth-order valence-corrected chi connectivity index (χ4v) is 4.28. The van der Waals surface area contributed by atoms with E-state index >= 15 is 0 Å². The van der Waals surface area contributed by atoms with E-state index < -0.39 is 24.2 Å². The molecule has 0 aromatic heterocycles. The van der Waals surface area contributed by atoms with Gasteiger partial charge in [0.2, 0.25) is 5.91 Å². The third-order valence-corrected chi connectivity index (χ3v) is 6.79. The molecule has 0 aromatic rings. The Hall–Kier alpha value is -1.17. The van der Waals surface area contributed by atoms with Crippen LogP contribution in [0.3, 0.4) is 0 Å². The van der Waals surface area contributed by atoms with E-state index in [1.54, 1.807) is 6.08 Å². The zero-order chi connectivity index (χ0) is 26.7. The molecule has 0 rings (SSSR count). The maximum Gasteiger partial charge on any atom is 0.249 e. The second kappa shape index (κ2) is 26.9. The van der Waals surface area contributed by atoms with Crippen molar-refractivity contribution in [2.75, 3.05) is 6.61 Å². The van der Waals surface area contributed by atoms with Gasteiger partial charge < -0.3 is 20.6 Å². The first-order valence-corrected chi connectivity index (χ1v) is 15.2. The predicted octanol–water partition coefficient (Wildman–Crippen LogP) is 7.14. The number of carbonyl (C=O) groups is 1. The molecule has 0 saturated heterocycles. The van der Waals surface area contributed by atoms with Gasteiger partial charge >= 0.3 is 0 Å². The molecule has 0 aliphatic carbocycles. The molecule has 3 atom stereocenters. The van der Waals surface area contributed by atoms with Crippen molar-refractivity contribution < 1.29 is 20.1 Å². The van der Waals surface area contributed by atoms with Crippen molar-refractivity contribution in [3.63, 3.8) is 0 Å². The Bertz CT molecular complexity index is 535. The standard InChI is InChI=1S/C31H59NO4/c1-3-5-7-9-11-13-14-15-16-18-19-21-23-25-29(34)28(27-33)32-31(36)30(35)26-24-22-20-17-12-10-8-6-4-2/h10,12,23,25,28-30,33-35H,3-9,11,13-22,24,26-27H2,1-2H3,(H,32,36)/b12-10-,25-23+. The van der Waals surface area contributed by atoms with Gasteiger partial charge in [0.15, 0.2) is 0 Å². The molecular formula is C31H59NO4. The molecule has 0 aromatic carbocycles. The van der Waals surface area contributed by atoms with E-state index in [2.05, 4.69) is 31.3 Å².